The highest BCUT2D eigenvalue weighted by atomic mass is 32.1. The van der Waals surface area contributed by atoms with E-state index < -0.39 is 29.9 Å². The van der Waals surface area contributed by atoms with Gasteiger partial charge in [-0.1, -0.05) is 18.2 Å². The lowest BCUT2D eigenvalue weighted by Gasteiger charge is -2.24. The number of nitrogens with one attached hydrogen (secondary N) is 2. The number of nitrogens with zero attached hydrogens (tertiary/aromatic N) is 2. The first-order valence-electron chi connectivity index (χ1n) is 10.8. The summed E-state index contributed by atoms with van der Waals surface area (Å²) in [7, 11) is 1.54. The number of ether oxygens (including phenoxy) is 3. The predicted molar refractivity (Wildman–Crippen MR) is 127 cm³/mol. The van der Waals surface area contributed by atoms with Gasteiger partial charge in [0.1, 0.15) is 23.5 Å². The van der Waals surface area contributed by atoms with Crippen LogP contribution in [0, 0.1) is 0 Å². The normalized spacial score (nSPS) is 17.0. The third-order valence-electron chi connectivity index (χ3n) is 5.78. The molecule has 36 heavy (non-hydrogen) atoms. The van der Waals surface area contributed by atoms with E-state index in [0.29, 0.717) is 34.7 Å². The SMILES string of the molecule is COc1ccc(CC(C(=O)Nc2nc(C=O)cs2)N2C(=O)NC(c3ccc4c(c3)OCO4)C2=O)cc1. The van der Waals surface area contributed by atoms with Gasteiger partial charge in [-0.25, -0.2) is 14.7 Å². The van der Waals surface area contributed by atoms with Gasteiger partial charge in [0.25, 0.3) is 5.91 Å². The summed E-state index contributed by atoms with van der Waals surface area (Å²) in [6, 6.07) is 9.01. The van der Waals surface area contributed by atoms with Crippen LogP contribution in [0.3, 0.4) is 0 Å². The number of carbonyl (C=O) groups is 4. The standard InChI is InChI=1S/C24H20N4O7S/c1-33-16-5-2-13(3-6-16)8-17(21(30)27-23-25-15(10-29)11-36-23)28-22(31)20(26-24(28)32)14-4-7-18-19(9-14)35-12-34-18/h2-7,9-11,17,20H,8,12H2,1H3,(H,26,32)(H,25,27,30). The number of benzene rings is 2. The Labute approximate surface area is 209 Å². The Balaban J connectivity index is 1.43. The average Bonchev–Trinajstić information content (AvgIpc) is 3.61. The first-order chi connectivity index (χ1) is 17.5. The monoisotopic (exact) mass is 508 g/mol. The van der Waals surface area contributed by atoms with Crippen LogP contribution in [0.1, 0.15) is 27.7 Å². The summed E-state index contributed by atoms with van der Waals surface area (Å²) >= 11 is 1.06. The smallest absolute Gasteiger partial charge is 0.325 e. The van der Waals surface area contributed by atoms with Gasteiger partial charge in [0.2, 0.25) is 12.7 Å². The van der Waals surface area contributed by atoms with E-state index in [1.54, 1.807) is 42.5 Å². The van der Waals surface area contributed by atoms with E-state index in [1.165, 1.54) is 12.5 Å². The predicted octanol–water partition coefficient (Wildman–Crippen LogP) is 2.54. The second kappa shape index (κ2) is 9.66. The first kappa shape index (κ1) is 23.3. The number of hydrogen-bond donors (Lipinski definition) is 2. The molecule has 2 unspecified atom stereocenters. The summed E-state index contributed by atoms with van der Waals surface area (Å²) in [5, 5.41) is 6.95. The van der Waals surface area contributed by atoms with Crippen LogP contribution in [0.4, 0.5) is 9.93 Å². The van der Waals surface area contributed by atoms with Crippen LogP contribution < -0.4 is 24.8 Å². The van der Waals surface area contributed by atoms with Crippen LogP contribution >= 0.6 is 11.3 Å². The van der Waals surface area contributed by atoms with Crippen molar-refractivity contribution in [2.24, 2.45) is 0 Å². The van der Waals surface area contributed by atoms with Crippen molar-refractivity contribution in [3.8, 4) is 17.2 Å². The average molecular weight is 509 g/mol. The zero-order valence-corrected chi connectivity index (χ0v) is 19.7. The maximum absolute atomic E-state index is 13.5. The summed E-state index contributed by atoms with van der Waals surface area (Å²) in [5.74, 6) is 0.437. The van der Waals surface area contributed by atoms with E-state index >= 15 is 0 Å². The minimum atomic E-state index is -1.19. The van der Waals surface area contributed by atoms with E-state index in [1.807, 2.05) is 0 Å². The molecule has 2 aliphatic rings. The van der Waals surface area contributed by atoms with E-state index in [2.05, 4.69) is 15.6 Å². The van der Waals surface area contributed by atoms with Crippen molar-refractivity contribution >= 4 is 40.6 Å². The third-order valence-corrected chi connectivity index (χ3v) is 6.55. The van der Waals surface area contributed by atoms with E-state index in [4.69, 9.17) is 14.2 Å². The fourth-order valence-electron chi connectivity index (χ4n) is 3.98. The number of hydrogen-bond acceptors (Lipinski definition) is 9. The number of thiazole rings is 1. The fourth-order valence-corrected chi connectivity index (χ4v) is 4.64. The molecule has 2 aromatic carbocycles. The van der Waals surface area contributed by atoms with Crippen molar-refractivity contribution in [1.82, 2.24) is 15.2 Å². The molecule has 2 atom stereocenters. The molecule has 1 fully saturated rings. The van der Waals surface area contributed by atoms with E-state index in [9.17, 15) is 19.2 Å². The molecule has 1 aromatic heterocycles. The number of aldehydes is 1. The van der Waals surface area contributed by atoms with Crippen LogP contribution in [-0.2, 0) is 16.0 Å². The van der Waals surface area contributed by atoms with Gasteiger partial charge >= 0.3 is 6.03 Å². The third kappa shape index (κ3) is 4.45. The number of anilines is 1. The van der Waals surface area contributed by atoms with Gasteiger partial charge in [-0.15, -0.1) is 11.3 Å². The van der Waals surface area contributed by atoms with Gasteiger partial charge in [-0.3, -0.25) is 14.4 Å². The van der Waals surface area contributed by atoms with Gasteiger partial charge < -0.3 is 24.8 Å². The molecule has 184 valence electrons. The molecule has 0 spiro atoms. The van der Waals surface area contributed by atoms with Crippen molar-refractivity contribution in [3.05, 3.63) is 64.7 Å². The lowest BCUT2D eigenvalue weighted by atomic mass is 10.0. The van der Waals surface area contributed by atoms with E-state index in [0.717, 1.165) is 16.2 Å². The molecule has 2 aliphatic heterocycles. The molecule has 2 N–H and O–H groups in total. The molecular weight excluding hydrogens is 488 g/mol. The maximum atomic E-state index is 13.5. The van der Waals surface area contributed by atoms with Gasteiger partial charge in [-0.2, -0.15) is 0 Å². The van der Waals surface area contributed by atoms with Crippen LogP contribution in [-0.4, -0.2) is 54.0 Å². The molecule has 0 bridgehead atoms. The molecule has 5 rings (SSSR count). The van der Waals surface area contributed by atoms with Crippen molar-refractivity contribution in [3.63, 3.8) is 0 Å². The molecule has 3 aromatic rings. The Kier molecular flexibility index (Phi) is 6.25. The van der Waals surface area contributed by atoms with Gasteiger partial charge in [0.15, 0.2) is 22.9 Å². The second-order valence-electron chi connectivity index (χ2n) is 7.96. The highest BCUT2D eigenvalue weighted by Crippen LogP contribution is 2.36. The Hall–Kier alpha value is -4.45. The molecule has 1 saturated heterocycles. The Bertz CT molecular complexity index is 1340. The van der Waals surface area contributed by atoms with Crippen LogP contribution in [0.15, 0.2) is 47.8 Å². The molecule has 0 radical (unpaired) electrons. The highest BCUT2D eigenvalue weighted by molar-refractivity contribution is 7.14. The van der Waals surface area contributed by atoms with Crippen molar-refractivity contribution in [2.45, 2.75) is 18.5 Å². The number of imide groups is 1. The molecule has 0 saturated carbocycles. The summed E-state index contributed by atoms with van der Waals surface area (Å²) in [4.78, 5) is 55.7. The van der Waals surface area contributed by atoms with Crippen molar-refractivity contribution in [1.29, 1.82) is 0 Å². The minimum Gasteiger partial charge on any atom is -0.497 e. The number of rotatable bonds is 8. The highest BCUT2D eigenvalue weighted by Gasteiger charge is 2.45. The van der Waals surface area contributed by atoms with Crippen LogP contribution in [0.25, 0.3) is 0 Å². The zero-order valence-electron chi connectivity index (χ0n) is 18.9. The largest absolute Gasteiger partial charge is 0.497 e. The summed E-state index contributed by atoms with van der Waals surface area (Å²) < 4.78 is 15.9. The Morgan fingerprint density at radius 1 is 1.25 bits per heavy atom. The maximum Gasteiger partial charge on any atom is 0.325 e. The van der Waals surface area contributed by atoms with Crippen molar-refractivity contribution < 1.29 is 33.4 Å². The molecule has 4 amide bonds. The molecule has 12 heteroatoms. The number of aromatic nitrogens is 1. The number of fused-ring (bicyclic) bond motifs is 1. The second-order valence-corrected chi connectivity index (χ2v) is 8.81. The summed E-state index contributed by atoms with van der Waals surface area (Å²) in [5.41, 5.74) is 1.37. The lowest BCUT2D eigenvalue weighted by molar-refractivity contribution is -0.134. The fraction of sp³-hybridized carbons (Fsp3) is 0.208. The van der Waals surface area contributed by atoms with Crippen LogP contribution in [0.2, 0.25) is 0 Å². The number of urea groups is 1. The molecule has 3 heterocycles. The Morgan fingerprint density at radius 3 is 2.75 bits per heavy atom. The topological polar surface area (TPSA) is 136 Å². The minimum absolute atomic E-state index is 0.0504. The van der Waals surface area contributed by atoms with Crippen LogP contribution in [0.5, 0.6) is 17.2 Å². The molecule has 0 aliphatic carbocycles. The summed E-state index contributed by atoms with van der Waals surface area (Å²) in [6.07, 6.45) is 0.614. The van der Waals surface area contributed by atoms with E-state index in [-0.39, 0.29) is 24.0 Å². The van der Waals surface area contributed by atoms with Gasteiger partial charge in [0.05, 0.1) is 7.11 Å². The number of carbonyl (C=O) groups excluding carboxylic acids is 4. The Morgan fingerprint density at radius 2 is 2.03 bits per heavy atom. The number of methoxy groups -OCH3 is 1. The van der Waals surface area contributed by atoms with Gasteiger partial charge in [0, 0.05) is 11.8 Å². The molecule has 11 nitrogen and oxygen atoms in total. The zero-order chi connectivity index (χ0) is 25.2. The number of amides is 4. The summed E-state index contributed by atoms with van der Waals surface area (Å²) in [6.45, 7) is 0.0720. The van der Waals surface area contributed by atoms with Crippen molar-refractivity contribution in [2.75, 3.05) is 19.2 Å². The molecular formula is C24H20N4O7S. The first-order valence-corrected chi connectivity index (χ1v) is 11.7. The quantitative estimate of drug-likeness (QED) is 0.350. The van der Waals surface area contributed by atoms with Gasteiger partial charge in [-0.05, 0) is 35.4 Å². The lowest BCUT2D eigenvalue weighted by Crippen LogP contribution is -2.49.